The molecule has 4 heteroatoms. The van der Waals surface area contributed by atoms with Gasteiger partial charge in [-0.15, -0.1) is 11.3 Å². The molecule has 0 unspecified atom stereocenters. The van der Waals surface area contributed by atoms with Crippen molar-refractivity contribution in [1.29, 1.82) is 0 Å². The Kier molecular flexibility index (Phi) is 2.35. The van der Waals surface area contributed by atoms with Gasteiger partial charge in [-0.25, -0.2) is 9.97 Å². The van der Waals surface area contributed by atoms with E-state index in [4.69, 9.17) is 11.6 Å². The Morgan fingerprint density at radius 2 is 1.88 bits per heavy atom. The van der Waals surface area contributed by atoms with Crippen LogP contribution in [0.1, 0.15) is 0 Å². The maximum absolute atomic E-state index is 5.80. The summed E-state index contributed by atoms with van der Waals surface area (Å²) in [5, 5.41) is 4.33. The van der Waals surface area contributed by atoms with Gasteiger partial charge >= 0.3 is 0 Å². The largest absolute Gasteiger partial charge is 0.245 e. The molecule has 3 rings (SSSR count). The molecule has 3 aromatic rings. The first kappa shape index (κ1) is 9.75. The van der Waals surface area contributed by atoms with Crippen molar-refractivity contribution in [1.82, 2.24) is 9.97 Å². The van der Waals surface area contributed by atoms with Crippen LogP contribution in [0, 0.1) is 0 Å². The molecule has 0 amide bonds. The van der Waals surface area contributed by atoms with Crippen LogP contribution in [0.5, 0.6) is 0 Å². The molecular formula is C12H7ClN2S. The lowest BCUT2D eigenvalue weighted by atomic mass is 10.2. The predicted molar refractivity (Wildman–Crippen MR) is 67.9 cm³/mol. The van der Waals surface area contributed by atoms with Gasteiger partial charge in [-0.3, -0.25) is 0 Å². The lowest BCUT2D eigenvalue weighted by molar-refractivity contribution is 1.34. The van der Waals surface area contributed by atoms with Gasteiger partial charge < -0.3 is 0 Å². The molecule has 0 fully saturated rings. The number of halogens is 1. The number of nitrogens with zero attached hydrogens (tertiary/aromatic N) is 2. The molecule has 0 bridgehead atoms. The van der Waals surface area contributed by atoms with Gasteiger partial charge in [0.05, 0.1) is 11.2 Å². The van der Waals surface area contributed by atoms with Crippen LogP contribution >= 0.6 is 22.9 Å². The van der Waals surface area contributed by atoms with Crippen LogP contribution in [0.2, 0.25) is 5.15 Å². The SMILES string of the molecule is Clc1csc(-c2ccc3ccccc3n2)n1. The number of rotatable bonds is 1. The van der Waals surface area contributed by atoms with Crippen molar-refractivity contribution in [2.45, 2.75) is 0 Å². The smallest absolute Gasteiger partial charge is 0.143 e. The van der Waals surface area contributed by atoms with Crippen LogP contribution in [0.3, 0.4) is 0 Å². The van der Waals surface area contributed by atoms with E-state index in [9.17, 15) is 0 Å². The molecule has 0 aliphatic carbocycles. The van der Waals surface area contributed by atoms with Crippen LogP contribution in [0.15, 0.2) is 41.8 Å². The molecule has 2 heterocycles. The second kappa shape index (κ2) is 3.85. The maximum Gasteiger partial charge on any atom is 0.143 e. The summed E-state index contributed by atoms with van der Waals surface area (Å²) in [6.07, 6.45) is 0. The van der Waals surface area contributed by atoms with Crippen molar-refractivity contribution < 1.29 is 0 Å². The summed E-state index contributed by atoms with van der Waals surface area (Å²) in [6, 6.07) is 12.0. The lowest BCUT2D eigenvalue weighted by Gasteiger charge is -1.99. The lowest BCUT2D eigenvalue weighted by Crippen LogP contribution is -1.83. The average molecular weight is 247 g/mol. The van der Waals surface area contributed by atoms with Crippen molar-refractivity contribution >= 4 is 33.8 Å². The van der Waals surface area contributed by atoms with Crippen LogP contribution in [0.25, 0.3) is 21.6 Å². The number of hydrogen-bond donors (Lipinski definition) is 0. The van der Waals surface area contributed by atoms with E-state index in [0.717, 1.165) is 21.6 Å². The second-order valence-corrected chi connectivity index (χ2v) is 4.61. The van der Waals surface area contributed by atoms with Gasteiger partial charge in [0, 0.05) is 10.8 Å². The van der Waals surface area contributed by atoms with Gasteiger partial charge in [-0.05, 0) is 12.1 Å². The molecular weight excluding hydrogens is 240 g/mol. The number of fused-ring (bicyclic) bond motifs is 1. The van der Waals surface area contributed by atoms with Gasteiger partial charge in [0.25, 0.3) is 0 Å². The minimum absolute atomic E-state index is 0.523. The maximum atomic E-state index is 5.80. The Bertz CT molecular complexity index is 648. The molecule has 2 nitrogen and oxygen atoms in total. The zero-order valence-corrected chi connectivity index (χ0v) is 9.79. The Morgan fingerprint density at radius 1 is 1.00 bits per heavy atom. The highest BCUT2D eigenvalue weighted by atomic mass is 35.5. The fourth-order valence-corrected chi connectivity index (χ4v) is 2.47. The quantitative estimate of drug-likeness (QED) is 0.648. The van der Waals surface area contributed by atoms with E-state index in [-0.39, 0.29) is 0 Å². The number of para-hydroxylation sites is 1. The summed E-state index contributed by atoms with van der Waals surface area (Å²) in [7, 11) is 0. The molecule has 0 saturated carbocycles. The minimum Gasteiger partial charge on any atom is -0.245 e. The Labute approximate surface area is 102 Å². The molecule has 2 aromatic heterocycles. The van der Waals surface area contributed by atoms with E-state index in [1.165, 1.54) is 11.3 Å². The second-order valence-electron chi connectivity index (χ2n) is 3.36. The van der Waals surface area contributed by atoms with Gasteiger partial charge in [-0.2, -0.15) is 0 Å². The predicted octanol–water partition coefficient (Wildman–Crippen LogP) is 4.01. The third kappa shape index (κ3) is 1.68. The van der Waals surface area contributed by atoms with Gasteiger partial charge in [-0.1, -0.05) is 35.9 Å². The van der Waals surface area contributed by atoms with E-state index in [2.05, 4.69) is 9.97 Å². The molecule has 0 aliphatic rings. The molecule has 0 atom stereocenters. The highest BCUT2D eigenvalue weighted by Gasteiger charge is 2.05. The van der Waals surface area contributed by atoms with Gasteiger partial charge in [0.1, 0.15) is 10.2 Å². The van der Waals surface area contributed by atoms with E-state index in [0.29, 0.717) is 5.15 Å². The monoisotopic (exact) mass is 246 g/mol. The zero-order chi connectivity index (χ0) is 11.0. The third-order valence-corrected chi connectivity index (χ3v) is 3.48. The summed E-state index contributed by atoms with van der Waals surface area (Å²) in [6.45, 7) is 0. The molecule has 0 spiro atoms. The van der Waals surface area contributed by atoms with Crippen molar-refractivity contribution in [3.8, 4) is 10.7 Å². The van der Waals surface area contributed by atoms with E-state index in [1.54, 1.807) is 0 Å². The molecule has 78 valence electrons. The summed E-state index contributed by atoms with van der Waals surface area (Å²) >= 11 is 7.31. The first-order chi connectivity index (χ1) is 7.83. The van der Waals surface area contributed by atoms with Crippen LogP contribution in [-0.4, -0.2) is 9.97 Å². The van der Waals surface area contributed by atoms with Crippen LogP contribution in [0.4, 0.5) is 0 Å². The fourth-order valence-electron chi connectivity index (χ4n) is 1.56. The number of benzene rings is 1. The molecule has 0 N–H and O–H groups in total. The molecule has 16 heavy (non-hydrogen) atoms. The van der Waals surface area contributed by atoms with Crippen molar-refractivity contribution in [2.24, 2.45) is 0 Å². The molecule has 1 aromatic carbocycles. The standard InChI is InChI=1S/C12H7ClN2S/c13-11-7-16-12(15-11)10-6-5-8-3-1-2-4-9(8)14-10/h1-7H. The minimum atomic E-state index is 0.523. The summed E-state index contributed by atoms with van der Waals surface area (Å²) in [5.41, 5.74) is 1.85. The van der Waals surface area contributed by atoms with Crippen molar-refractivity contribution in [2.75, 3.05) is 0 Å². The van der Waals surface area contributed by atoms with Crippen molar-refractivity contribution in [3.63, 3.8) is 0 Å². The highest BCUT2D eigenvalue weighted by Crippen LogP contribution is 2.25. The molecule has 0 aliphatic heterocycles. The number of hydrogen-bond acceptors (Lipinski definition) is 3. The van der Waals surface area contributed by atoms with Gasteiger partial charge in [0.2, 0.25) is 0 Å². The average Bonchev–Trinajstić information content (AvgIpc) is 2.75. The molecule has 0 saturated heterocycles. The number of pyridine rings is 1. The fraction of sp³-hybridized carbons (Fsp3) is 0. The third-order valence-electron chi connectivity index (χ3n) is 2.29. The Morgan fingerprint density at radius 3 is 2.69 bits per heavy atom. The normalized spacial score (nSPS) is 10.8. The first-order valence-corrected chi connectivity index (χ1v) is 6.06. The van der Waals surface area contributed by atoms with Crippen LogP contribution in [-0.2, 0) is 0 Å². The Hall–Kier alpha value is -1.45. The summed E-state index contributed by atoms with van der Waals surface area (Å²) in [4.78, 5) is 8.76. The molecule has 0 radical (unpaired) electrons. The summed E-state index contributed by atoms with van der Waals surface area (Å²) < 4.78 is 0. The van der Waals surface area contributed by atoms with Crippen molar-refractivity contribution in [3.05, 3.63) is 46.9 Å². The number of thiazole rings is 1. The van der Waals surface area contributed by atoms with E-state index < -0.39 is 0 Å². The van der Waals surface area contributed by atoms with E-state index >= 15 is 0 Å². The Balaban J connectivity index is 2.18. The van der Waals surface area contributed by atoms with Crippen LogP contribution < -0.4 is 0 Å². The first-order valence-electron chi connectivity index (χ1n) is 4.80. The zero-order valence-electron chi connectivity index (χ0n) is 8.22. The van der Waals surface area contributed by atoms with E-state index in [1.807, 2.05) is 41.8 Å². The van der Waals surface area contributed by atoms with Gasteiger partial charge in [0.15, 0.2) is 0 Å². The number of aromatic nitrogens is 2. The highest BCUT2D eigenvalue weighted by molar-refractivity contribution is 7.13. The summed E-state index contributed by atoms with van der Waals surface area (Å²) in [5.74, 6) is 0. The topological polar surface area (TPSA) is 25.8 Å².